The van der Waals surface area contributed by atoms with E-state index in [1.165, 1.54) is 12.0 Å². The molecule has 1 unspecified atom stereocenters. The van der Waals surface area contributed by atoms with Crippen LogP contribution in [0.4, 0.5) is 0 Å². The molecule has 1 aromatic heterocycles. The topological polar surface area (TPSA) is 42.0 Å². The first-order chi connectivity index (χ1) is 12.2. The molecule has 25 heavy (non-hydrogen) atoms. The van der Waals surface area contributed by atoms with Crippen LogP contribution in [0.3, 0.4) is 0 Å². The van der Waals surface area contributed by atoms with E-state index in [-0.39, 0.29) is 11.9 Å². The van der Waals surface area contributed by atoms with Gasteiger partial charge in [0.1, 0.15) is 0 Å². The third-order valence-electron chi connectivity index (χ3n) is 5.48. The zero-order valence-electron chi connectivity index (χ0n) is 15.3. The molecule has 0 spiro atoms. The highest BCUT2D eigenvalue weighted by Crippen LogP contribution is 2.40. The average Bonchev–Trinajstić information content (AvgIpc) is 2.67. The summed E-state index contributed by atoms with van der Waals surface area (Å²) in [7, 11) is 0. The Hall–Kier alpha value is -2.16. The van der Waals surface area contributed by atoms with Gasteiger partial charge in [0.05, 0.1) is 17.2 Å². The van der Waals surface area contributed by atoms with Gasteiger partial charge in [-0.1, -0.05) is 56.5 Å². The monoisotopic (exact) mass is 336 g/mol. The van der Waals surface area contributed by atoms with Crippen LogP contribution in [-0.4, -0.2) is 10.9 Å². The van der Waals surface area contributed by atoms with Crippen molar-refractivity contribution in [3.63, 3.8) is 0 Å². The molecular weight excluding hydrogens is 308 g/mol. The largest absolute Gasteiger partial charge is 0.347 e. The molecule has 0 saturated heterocycles. The Bertz CT molecular complexity index is 705. The Morgan fingerprint density at radius 1 is 1.16 bits per heavy atom. The Balaban J connectivity index is 1.87. The van der Waals surface area contributed by atoms with Gasteiger partial charge in [0.15, 0.2) is 0 Å². The predicted molar refractivity (Wildman–Crippen MR) is 101 cm³/mol. The summed E-state index contributed by atoms with van der Waals surface area (Å²) < 4.78 is 0. The van der Waals surface area contributed by atoms with Gasteiger partial charge in [0.2, 0.25) is 5.91 Å². The van der Waals surface area contributed by atoms with Crippen LogP contribution in [0.25, 0.3) is 0 Å². The molecule has 1 fully saturated rings. The van der Waals surface area contributed by atoms with E-state index in [1.807, 2.05) is 30.5 Å². The smallest absolute Gasteiger partial charge is 0.231 e. The lowest BCUT2D eigenvalue weighted by atomic mass is 9.68. The number of nitrogens with one attached hydrogen (secondary N) is 1. The van der Waals surface area contributed by atoms with Gasteiger partial charge in [-0.15, -0.1) is 0 Å². The highest BCUT2D eigenvalue weighted by molar-refractivity contribution is 5.88. The minimum absolute atomic E-state index is 0.0325. The van der Waals surface area contributed by atoms with Crippen LogP contribution in [0.5, 0.6) is 0 Å². The summed E-state index contributed by atoms with van der Waals surface area (Å²) in [6.07, 6.45) is 7.98. The molecule has 1 atom stereocenters. The van der Waals surface area contributed by atoms with Crippen molar-refractivity contribution in [3.05, 3.63) is 65.5 Å². The van der Waals surface area contributed by atoms with Gasteiger partial charge in [0, 0.05) is 6.20 Å². The van der Waals surface area contributed by atoms with Crippen LogP contribution >= 0.6 is 0 Å². The van der Waals surface area contributed by atoms with E-state index in [9.17, 15) is 4.79 Å². The fourth-order valence-electron chi connectivity index (χ4n) is 3.99. The number of carbonyl (C=O) groups is 1. The molecule has 1 heterocycles. The molecule has 0 bridgehead atoms. The van der Waals surface area contributed by atoms with Crippen LogP contribution in [0.1, 0.15) is 68.3 Å². The first-order valence-corrected chi connectivity index (χ1v) is 9.45. The molecule has 1 aliphatic rings. The SMILES string of the molecule is CCC(NC(=O)C1(c2ccccc2)CCCCC1)c1cc(C)ccn1. The normalized spacial score (nSPS) is 17.7. The second-order valence-corrected chi connectivity index (χ2v) is 7.20. The second kappa shape index (κ2) is 7.81. The molecule has 1 aliphatic carbocycles. The Kier molecular flexibility index (Phi) is 5.52. The summed E-state index contributed by atoms with van der Waals surface area (Å²) in [5.74, 6) is 0.161. The Morgan fingerprint density at radius 2 is 1.88 bits per heavy atom. The number of benzene rings is 1. The zero-order chi connectivity index (χ0) is 17.7. The number of rotatable bonds is 5. The van der Waals surface area contributed by atoms with Gasteiger partial charge in [-0.3, -0.25) is 9.78 Å². The number of aromatic nitrogens is 1. The molecule has 3 nitrogen and oxygen atoms in total. The molecule has 3 heteroatoms. The van der Waals surface area contributed by atoms with Gasteiger partial charge >= 0.3 is 0 Å². The van der Waals surface area contributed by atoms with Gasteiger partial charge in [0.25, 0.3) is 0 Å². The van der Waals surface area contributed by atoms with E-state index in [0.717, 1.165) is 43.4 Å². The van der Waals surface area contributed by atoms with Crippen molar-refractivity contribution < 1.29 is 4.79 Å². The standard InChI is InChI=1S/C22H28N2O/c1-3-19(20-16-17(2)12-15-23-20)24-21(25)22(13-8-5-9-14-22)18-10-6-4-7-11-18/h4,6-7,10-12,15-16,19H,3,5,8-9,13-14H2,1-2H3,(H,24,25). The fraction of sp³-hybridized carbons (Fsp3) is 0.455. The summed E-state index contributed by atoms with van der Waals surface area (Å²) in [4.78, 5) is 17.9. The predicted octanol–water partition coefficient (Wildman–Crippen LogP) is 4.86. The van der Waals surface area contributed by atoms with E-state index < -0.39 is 5.41 Å². The number of hydrogen-bond acceptors (Lipinski definition) is 2. The molecule has 1 N–H and O–H groups in total. The molecule has 1 saturated carbocycles. The zero-order valence-corrected chi connectivity index (χ0v) is 15.3. The van der Waals surface area contributed by atoms with Crippen molar-refractivity contribution in [2.75, 3.05) is 0 Å². The maximum Gasteiger partial charge on any atom is 0.231 e. The summed E-state index contributed by atoms with van der Waals surface area (Å²) in [6.45, 7) is 4.16. The van der Waals surface area contributed by atoms with Gasteiger partial charge in [-0.05, 0) is 49.4 Å². The quantitative estimate of drug-likeness (QED) is 0.847. The molecule has 1 aromatic carbocycles. The maximum atomic E-state index is 13.4. The van der Waals surface area contributed by atoms with Gasteiger partial charge < -0.3 is 5.32 Å². The third kappa shape index (κ3) is 3.76. The van der Waals surface area contributed by atoms with Gasteiger partial charge in [-0.25, -0.2) is 0 Å². The molecule has 0 radical (unpaired) electrons. The number of amides is 1. The summed E-state index contributed by atoms with van der Waals surface area (Å²) >= 11 is 0. The van der Waals surface area contributed by atoms with E-state index in [1.54, 1.807) is 0 Å². The maximum absolute atomic E-state index is 13.4. The molecule has 132 valence electrons. The summed E-state index contributed by atoms with van der Waals surface area (Å²) in [5.41, 5.74) is 2.89. The first kappa shape index (κ1) is 17.7. The summed E-state index contributed by atoms with van der Waals surface area (Å²) in [5, 5.41) is 3.32. The Labute approximate surface area is 150 Å². The van der Waals surface area contributed by atoms with Crippen molar-refractivity contribution >= 4 is 5.91 Å². The van der Waals surface area contributed by atoms with Crippen molar-refractivity contribution in [2.45, 2.75) is 63.8 Å². The minimum Gasteiger partial charge on any atom is -0.347 e. The van der Waals surface area contributed by atoms with Crippen LogP contribution < -0.4 is 5.32 Å². The van der Waals surface area contributed by atoms with E-state index in [4.69, 9.17) is 0 Å². The number of nitrogens with zero attached hydrogens (tertiary/aromatic N) is 1. The molecule has 3 rings (SSSR count). The van der Waals surface area contributed by atoms with Gasteiger partial charge in [-0.2, -0.15) is 0 Å². The minimum atomic E-state index is -0.392. The van der Waals surface area contributed by atoms with E-state index in [0.29, 0.717) is 0 Å². The van der Waals surface area contributed by atoms with Crippen molar-refractivity contribution in [1.82, 2.24) is 10.3 Å². The molecule has 0 aliphatic heterocycles. The van der Waals surface area contributed by atoms with Crippen LogP contribution in [0, 0.1) is 6.92 Å². The fourth-order valence-corrected chi connectivity index (χ4v) is 3.99. The molecule has 1 amide bonds. The average molecular weight is 336 g/mol. The lowest BCUT2D eigenvalue weighted by Crippen LogP contribution is -2.47. The van der Waals surface area contributed by atoms with Crippen molar-refractivity contribution in [1.29, 1.82) is 0 Å². The van der Waals surface area contributed by atoms with Crippen LogP contribution in [0.2, 0.25) is 0 Å². The van der Waals surface area contributed by atoms with Crippen LogP contribution in [-0.2, 0) is 10.2 Å². The van der Waals surface area contributed by atoms with E-state index >= 15 is 0 Å². The van der Waals surface area contributed by atoms with E-state index in [2.05, 4.69) is 42.3 Å². The highest BCUT2D eigenvalue weighted by Gasteiger charge is 2.41. The number of aryl methyl sites for hydroxylation is 1. The summed E-state index contributed by atoms with van der Waals surface area (Å²) in [6, 6.07) is 14.3. The Morgan fingerprint density at radius 3 is 2.52 bits per heavy atom. The van der Waals surface area contributed by atoms with Crippen molar-refractivity contribution in [2.24, 2.45) is 0 Å². The molecule has 2 aromatic rings. The first-order valence-electron chi connectivity index (χ1n) is 9.45. The lowest BCUT2D eigenvalue weighted by Gasteiger charge is -2.37. The number of carbonyl (C=O) groups excluding carboxylic acids is 1. The van der Waals surface area contributed by atoms with Crippen molar-refractivity contribution in [3.8, 4) is 0 Å². The number of hydrogen-bond donors (Lipinski definition) is 1. The highest BCUT2D eigenvalue weighted by atomic mass is 16.2. The molecular formula is C22H28N2O. The van der Waals surface area contributed by atoms with Crippen LogP contribution in [0.15, 0.2) is 48.7 Å². The lowest BCUT2D eigenvalue weighted by molar-refractivity contribution is -0.129. The second-order valence-electron chi connectivity index (χ2n) is 7.20. The third-order valence-corrected chi connectivity index (χ3v) is 5.48. The number of pyridine rings is 1.